The van der Waals surface area contributed by atoms with Crippen molar-refractivity contribution in [3.05, 3.63) is 90.3 Å². The lowest BCUT2D eigenvalue weighted by atomic mass is 9.70. The number of nitrogens with one attached hydrogen (secondary N) is 1. The lowest BCUT2D eigenvalue weighted by molar-refractivity contribution is -0.144. The van der Waals surface area contributed by atoms with Gasteiger partial charge in [0.1, 0.15) is 13.1 Å². The van der Waals surface area contributed by atoms with Crippen molar-refractivity contribution in [2.75, 3.05) is 23.9 Å². The number of aromatic nitrogens is 2. The summed E-state index contributed by atoms with van der Waals surface area (Å²) in [5.41, 5.74) is 4.24. The molecule has 282 valence electrons. The lowest BCUT2D eigenvalue weighted by Gasteiger charge is -2.35. The summed E-state index contributed by atoms with van der Waals surface area (Å²) in [4.78, 5) is 48.3. The predicted octanol–water partition coefficient (Wildman–Crippen LogP) is 6.83. The van der Waals surface area contributed by atoms with Crippen molar-refractivity contribution in [3.63, 3.8) is 0 Å². The predicted molar refractivity (Wildman–Crippen MR) is 208 cm³/mol. The fourth-order valence-electron chi connectivity index (χ4n) is 8.52. The number of anilines is 1. The van der Waals surface area contributed by atoms with Crippen molar-refractivity contribution < 1.29 is 27.9 Å². The normalized spacial score (nSPS) is 20.4. The number of rotatable bonds is 13. The molecule has 1 atom stereocenters. The van der Waals surface area contributed by atoms with Gasteiger partial charge in [0, 0.05) is 35.5 Å². The van der Waals surface area contributed by atoms with E-state index in [-0.39, 0.29) is 11.4 Å². The number of hydrogen-bond donors (Lipinski definition) is 2. The van der Waals surface area contributed by atoms with Crippen molar-refractivity contribution >= 4 is 49.8 Å². The Bertz CT molecular complexity index is 2160. The van der Waals surface area contributed by atoms with Crippen LogP contribution in [0.1, 0.15) is 75.8 Å². The Hall–Kier alpha value is -5.10. The molecule has 1 fully saturated rings. The number of carboxylic acids is 1. The average molecular weight is 750 g/mol. The fraction of sp³-hybridized carbons (Fsp3) is 0.405. The van der Waals surface area contributed by atoms with Crippen LogP contribution in [0.2, 0.25) is 0 Å². The first-order chi connectivity index (χ1) is 26.1. The Morgan fingerprint density at radius 1 is 0.907 bits per heavy atom. The molecule has 0 bridgehead atoms. The van der Waals surface area contributed by atoms with Gasteiger partial charge in [-0.05, 0) is 78.5 Å². The summed E-state index contributed by atoms with van der Waals surface area (Å²) in [5, 5.41) is 13.3. The van der Waals surface area contributed by atoms with E-state index in [1.807, 2.05) is 24.5 Å². The minimum absolute atomic E-state index is 0.00574. The van der Waals surface area contributed by atoms with Gasteiger partial charge >= 0.3 is 5.97 Å². The molecule has 2 heterocycles. The van der Waals surface area contributed by atoms with Crippen LogP contribution in [0.25, 0.3) is 27.7 Å². The van der Waals surface area contributed by atoms with Gasteiger partial charge < -0.3 is 15.3 Å². The molecule has 2 N–H and O–H groups in total. The zero-order valence-electron chi connectivity index (χ0n) is 30.6. The molecule has 1 unspecified atom stereocenters. The first-order valence-electron chi connectivity index (χ1n) is 19.0. The quantitative estimate of drug-likeness (QED) is 0.151. The highest BCUT2D eigenvalue weighted by Crippen LogP contribution is 2.43. The molecule has 2 aliphatic carbocycles. The van der Waals surface area contributed by atoms with Gasteiger partial charge in [-0.1, -0.05) is 87.2 Å². The SMILES string of the molecule is CCC[C@H]1CC[C@H](C2CC=C(c3cnc(-c4ccc(CN(CC(=O)O)C(=O)CNC(=O)CN5c6cccc7cccc(c67)S5(=O)=O)cc4)nc3)CC2)CC1. The van der Waals surface area contributed by atoms with Gasteiger partial charge in [0.25, 0.3) is 10.0 Å². The number of aliphatic carboxylic acids is 1. The van der Waals surface area contributed by atoms with E-state index in [9.17, 15) is 27.9 Å². The smallest absolute Gasteiger partial charge is 0.323 e. The van der Waals surface area contributed by atoms with E-state index >= 15 is 0 Å². The monoisotopic (exact) mass is 749 g/mol. The molecule has 0 radical (unpaired) electrons. The van der Waals surface area contributed by atoms with Crippen molar-refractivity contribution in [2.24, 2.45) is 17.8 Å². The summed E-state index contributed by atoms with van der Waals surface area (Å²) in [5.74, 6) is 0.639. The number of hydrogen-bond acceptors (Lipinski definition) is 7. The van der Waals surface area contributed by atoms with E-state index in [1.165, 1.54) is 56.6 Å². The second-order valence-corrected chi connectivity index (χ2v) is 16.7. The maximum absolute atomic E-state index is 13.2. The molecule has 54 heavy (non-hydrogen) atoms. The van der Waals surface area contributed by atoms with E-state index in [2.05, 4.69) is 28.3 Å². The Morgan fingerprint density at radius 3 is 2.30 bits per heavy atom. The van der Waals surface area contributed by atoms with Crippen molar-refractivity contribution in [2.45, 2.75) is 76.2 Å². The van der Waals surface area contributed by atoms with Crippen molar-refractivity contribution in [1.29, 1.82) is 0 Å². The van der Waals surface area contributed by atoms with Crippen LogP contribution in [0.3, 0.4) is 0 Å². The first kappa shape index (κ1) is 37.2. The highest BCUT2D eigenvalue weighted by Gasteiger charge is 2.37. The second kappa shape index (κ2) is 16.1. The lowest BCUT2D eigenvalue weighted by Crippen LogP contribution is -2.45. The van der Waals surface area contributed by atoms with Gasteiger partial charge in [0.15, 0.2) is 5.82 Å². The second-order valence-electron chi connectivity index (χ2n) is 14.9. The number of carbonyl (C=O) groups is 3. The largest absolute Gasteiger partial charge is 0.480 e. The number of amides is 2. The summed E-state index contributed by atoms with van der Waals surface area (Å²) in [6.07, 6.45) is 17.8. The van der Waals surface area contributed by atoms with Crippen LogP contribution in [-0.2, 0) is 31.0 Å². The molecule has 2 amide bonds. The zero-order chi connectivity index (χ0) is 37.8. The van der Waals surface area contributed by atoms with Gasteiger partial charge in [-0.2, -0.15) is 0 Å². The van der Waals surface area contributed by atoms with Crippen molar-refractivity contribution in [3.8, 4) is 11.4 Å². The molecule has 3 aliphatic rings. The molecule has 1 aliphatic heterocycles. The van der Waals surface area contributed by atoms with Crippen molar-refractivity contribution in [1.82, 2.24) is 20.2 Å². The maximum Gasteiger partial charge on any atom is 0.323 e. The van der Waals surface area contributed by atoms with Crippen LogP contribution in [0.15, 0.2) is 84.0 Å². The number of benzene rings is 3. The van der Waals surface area contributed by atoms with E-state index in [1.54, 1.807) is 42.5 Å². The van der Waals surface area contributed by atoms with E-state index in [0.29, 0.717) is 22.5 Å². The Morgan fingerprint density at radius 2 is 1.63 bits per heavy atom. The van der Waals surface area contributed by atoms with E-state index in [0.717, 1.165) is 56.3 Å². The summed E-state index contributed by atoms with van der Waals surface area (Å²) in [6, 6.07) is 17.4. The number of allylic oxidation sites excluding steroid dienone is 2. The molecule has 3 aromatic carbocycles. The first-order valence-corrected chi connectivity index (χ1v) is 20.5. The van der Waals surface area contributed by atoms with Crippen LogP contribution in [0.5, 0.6) is 0 Å². The molecule has 0 saturated heterocycles. The molecule has 1 saturated carbocycles. The standard InChI is InChI=1S/C42H47N5O6S/c1-2-5-28-10-14-30(15-11-28)31-18-20-32(21-19-31)35-22-44-42(45-23-35)34-16-12-29(13-17-34)25-46(27-40(50)51)39(49)24-43-38(48)26-47-36-8-3-6-33-7-4-9-37(41(33)36)54(47,52)53/h3-4,6-9,12-13,16-17,20,22-23,28,30-31H,2,5,10-11,14-15,18-19,21,24-27H2,1H3,(H,43,48)(H,50,51)/t28-,30-,31?. The minimum Gasteiger partial charge on any atom is -0.480 e. The molecule has 1 aromatic heterocycles. The van der Waals surface area contributed by atoms with Crippen LogP contribution < -0.4 is 9.62 Å². The van der Waals surface area contributed by atoms with Crippen LogP contribution in [0, 0.1) is 17.8 Å². The highest BCUT2D eigenvalue weighted by atomic mass is 32.2. The third-order valence-corrected chi connectivity index (χ3v) is 13.2. The number of sulfonamides is 1. The third-order valence-electron chi connectivity index (χ3n) is 11.4. The van der Waals surface area contributed by atoms with Crippen LogP contribution in [-0.4, -0.2) is 65.8 Å². The Labute approximate surface area is 316 Å². The molecule has 4 aromatic rings. The van der Waals surface area contributed by atoms with Gasteiger partial charge in [-0.25, -0.2) is 18.4 Å². The molecule has 11 nitrogen and oxygen atoms in total. The molecular formula is C42H47N5O6S. The average Bonchev–Trinajstić information content (AvgIpc) is 3.40. The van der Waals surface area contributed by atoms with Gasteiger partial charge in [-0.3, -0.25) is 18.7 Å². The highest BCUT2D eigenvalue weighted by molar-refractivity contribution is 7.93. The fourth-order valence-corrected chi connectivity index (χ4v) is 10.2. The zero-order valence-corrected chi connectivity index (χ0v) is 31.4. The van der Waals surface area contributed by atoms with Gasteiger partial charge in [0.2, 0.25) is 11.8 Å². The maximum atomic E-state index is 13.2. The minimum atomic E-state index is -3.96. The topological polar surface area (TPSA) is 150 Å². The molecule has 7 rings (SSSR count). The third kappa shape index (κ3) is 8.03. The van der Waals surface area contributed by atoms with Crippen LogP contribution in [0.4, 0.5) is 5.69 Å². The van der Waals surface area contributed by atoms with Crippen LogP contribution >= 0.6 is 0 Å². The summed E-state index contributed by atoms with van der Waals surface area (Å²) in [6.45, 7) is 0.697. The van der Waals surface area contributed by atoms with Gasteiger partial charge in [0.05, 0.1) is 17.1 Å². The van der Waals surface area contributed by atoms with E-state index in [4.69, 9.17) is 0 Å². The number of nitrogens with zero attached hydrogens (tertiary/aromatic N) is 4. The van der Waals surface area contributed by atoms with Gasteiger partial charge in [-0.15, -0.1) is 0 Å². The Kier molecular flexibility index (Phi) is 11.1. The summed E-state index contributed by atoms with van der Waals surface area (Å²) in [7, 11) is -3.96. The molecular weight excluding hydrogens is 703 g/mol. The number of carboxylic acid groups (broad SMARTS) is 1. The van der Waals surface area contributed by atoms with E-state index < -0.39 is 47.4 Å². The Balaban J connectivity index is 0.924. The summed E-state index contributed by atoms with van der Waals surface area (Å²) < 4.78 is 27.5. The summed E-state index contributed by atoms with van der Waals surface area (Å²) >= 11 is 0. The molecule has 12 heteroatoms. The number of carbonyl (C=O) groups excluding carboxylic acids is 2. The molecule has 0 spiro atoms.